The van der Waals surface area contributed by atoms with Gasteiger partial charge in [-0.3, -0.25) is 9.78 Å². The lowest BCUT2D eigenvalue weighted by Gasteiger charge is -2.12. The molecule has 2 aromatic carbocycles. The Morgan fingerprint density at radius 3 is 2.54 bits per heavy atom. The predicted molar refractivity (Wildman–Crippen MR) is 90.4 cm³/mol. The first-order valence-corrected chi connectivity index (χ1v) is 7.56. The topological polar surface area (TPSA) is 39.2 Å². The van der Waals surface area contributed by atoms with Crippen LogP contribution in [-0.4, -0.2) is 10.8 Å². The summed E-state index contributed by atoms with van der Waals surface area (Å²) in [7, 11) is 0. The Hall–Kier alpha value is -3.01. The van der Waals surface area contributed by atoms with Gasteiger partial charge in [0.15, 0.2) is 5.78 Å². The van der Waals surface area contributed by atoms with E-state index in [4.69, 9.17) is 4.74 Å². The number of hydrogen-bond acceptors (Lipinski definition) is 3. The smallest absolute Gasteiger partial charge is 0.163 e. The van der Waals surface area contributed by atoms with Crippen molar-refractivity contribution in [3.8, 4) is 16.9 Å². The molecule has 0 saturated carbocycles. The van der Waals surface area contributed by atoms with Crippen molar-refractivity contribution in [2.45, 2.75) is 13.5 Å². The normalized spacial score (nSPS) is 10.4. The van der Waals surface area contributed by atoms with Crippen LogP contribution in [0.15, 0.2) is 67.0 Å². The number of rotatable bonds is 5. The highest BCUT2D eigenvalue weighted by Crippen LogP contribution is 2.27. The van der Waals surface area contributed by atoms with Gasteiger partial charge in [-0.2, -0.15) is 0 Å². The molecular formula is C20H16FNO2. The predicted octanol–water partition coefficient (Wildman–Crippen LogP) is 4.67. The summed E-state index contributed by atoms with van der Waals surface area (Å²) in [4.78, 5) is 15.8. The zero-order valence-corrected chi connectivity index (χ0v) is 13.2. The third kappa shape index (κ3) is 3.66. The summed E-state index contributed by atoms with van der Waals surface area (Å²) in [5.74, 6) is -0.00924. The van der Waals surface area contributed by atoms with Crippen molar-refractivity contribution in [3.63, 3.8) is 0 Å². The summed E-state index contributed by atoms with van der Waals surface area (Å²) in [5.41, 5.74) is 2.82. The van der Waals surface area contributed by atoms with Crippen molar-refractivity contribution in [2.24, 2.45) is 0 Å². The lowest BCUT2D eigenvalue weighted by atomic mass is 10.0. The zero-order chi connectivity index (χ0) is 16.9. The van der Waals surface area contributed by atoms with Crippen LogP contribution < -0.4 is 4.74 Å². The van der Waals surface area contributed by atoms with Crippen LogP contribution in [0.3, 0.4) is 0 Å². The first-order valence-electron chi connectivity index (χ1n) is 7.56. The van der Waals surface area contributed by atoms with Crippen LogP contribution in [0.25, 0.3) is 11.1 Å². The summed E-state index contributed by atoms with van der Waals surface area (Å²) in [6.45, 7) is 1.86. The van der Waals surface area contributed by atoms with Gasteiger partial charge in [0.05, 0.1) is 11.8 Å². The molecule has 3 aromatic rings. The molecular weight excluding hydrogens is 305 g/mol. The number of nitrogens with zero attached hydrogens (tertiary/aromatic N) is 1. The van der Waals surface area contributed by atoms with Crippen molar-refractivity contribution in [3.05, 3.63) is 83.9 Å². The second kappa shape index (κ2) is 7.04. The van der Waals surface area contributed by atoms with Gasteiger partial charge in [-0.05, 0) is 36.2 Å². The number of carbonyl (C=O) groups is 1. The van der Waals surface area contributed by atoms with E-state index in [1.54, 1.807) is 24.4 Å². The number of halogens is 1. The second-order valence-corrected chi connectivity index (χ2v) is 5.43. The highest BCUT2D eigenvalue weighted by atomic mass is 19.1. The largest absolute Gasteiger partial charge is 0.488 e. The maximum atomic E-state index is 13.3. The Morgan fingerprint density at radius 1 is 1.04 bits per heavy atom. The number of hydrogen-bond donors (Lipinski definition) is 0. The summed E-state index contributed by atoms with van der Waals surface area (Å²) >= 11 is 0. The molecule has 120 valence electrons. The molecule has 0 amide bonds. The van der Waals surface area contributed by atoms with Crippen LogP contribution in [0.4, 0.5) is 4.39 Å². The van der Waals surface area contributed by atoms with Gasteiger partial charge in [0.2, 0.25) is 0 Å². The van der Waals surface area contributed by atoms with Crippen molar-refractivity contribution in [1.82, 2.24) is 4.98 Å². The summed E-state index contributed by atoms with van der Waals surface area (Å²) < 4.78 is 19.1. The summed E-state index contributed by atoms with van der Waals surface area (Å²) in [5, 5.41) is 0. The molecule has 0 aliphatic heterocycles. The van der Waals surface area contributed by atoms with Crippen molar-refractivity contribution >= 4 is 5.78 Å². The maximum Gasteiger partial charge on any atom is 0.163 e. The van der Waals surface area contributed by atoms with E-state index in [2.05, 4.69) is 4.98 Å². The molecule has 0 saturated heterocycles. The molecule has 0 bridgehead atoms. The van der Waals surface area contributed by atoms with Gasteiger partial charge >= 0.3 is 0 Å². The fraction of sp³-hybridized carbons (Fsp3) is 0.100. The van der Waals surface area contributed by atoms with E-state index in [0.29, 0.717) is 23.5 Å². The van der Waals surface area contributed by atoms with E-state index in [-0.39, 0.29) is 5.78 Å². The van der Waals surface area contributed by atoms with Crippen molar-refractivity contribution < 1.29 is 13.9 Å². The lowest BCUT2D eigenvalue weighted by molar-refractivity contribution is 0.101. The highest BCUT2D eigenvalue weighted by Gasteiger charge is 2.11. The average Bonchev–Trinajstić information content (AvgIpc) is 2.60. The summed E-state index contributed by atoms with van der Waals surface area (Å²) in [6.07, 6.45) is 2.71. The second-order valence-electron chi connectivity index (χ2n) is 5.43. The summed E-state index contributed by atoms with van der Waals surface area (Å²) in [6, 6.07) is 16.3. The molecule has 3 rings (SSSR count). The first kappa shape index (κ1) is 15.9. The van der Waals surface area contributed by atoms with Crippen molar-refractivity contribution in [2.75, 3.05) is 0 Å². The minimum Gasteiger partial charge on any atom is -0.488 e. The third-order valence-electron chi connectivity index (χ3n) is 3.63. The average molecular weight is 321 g/mol. The van der Waals surface area contributed by atoms with Gasteiger partial charge < -0.3 is 4.74 Å². The lowest BCUT2D eigenvalue weighted by Crippen LogP contribution is -2.02. The van der Waals surface area contributed by atoms with Gasteiger partial charge in [0, 0.05) is 11.8 Å². The molecule has 0 fully saturated rings. The number of benzene rings is 2. The molecule has 0 unspecified atom stereocenters. The Labute approximate surface area is 139 Å². The minimum atomic E-state index is -0.415. The standard InChI is InChI=1S/C20H16FNO2/c1-14(23)19-10-16(17-9-18(21)12-22-11-17)7-8-20(19)24-13-15-5-3-2-4-6-15/h2-12H,13H2,1H3. The quantitative estimate of drug-likeness (QED) is 0.641. The Kier molecular flexibility index (Phi) is 4.66. The Morgan fingerprint density at radius 2 is 1.83 bits per heavy atom. The van der Waals surface area contributed by atoms with Crippen LogP contribution in [-0.2, 0) is 6.61 Å². The fourth-order valence-corrected chi connectivity index (χ4v) is 2.42. The first-order chi connectivity index (χ1) is 11.6. The van der Waals surface area contributed by atoms with E-state index in [1.807, 2.05) is 30.3 Å². The van der Waals surface area contributed by atoms with Crippen molar-refractivity contribution in [1.29, 1.82) is 0 Å². The van der Waals surface area contributed by atoms with E-state index in [1.165, 1.54) is 13.0 Å². The van der Waals surface area contributed by atoms with Crippen LogP contribution in [0, 0.1) is 5.82 Å². The number of carbonyl (C=O) groups excluding carboxylic acids is 1. The molecule has 0 aliphatic carbocycles. The third-order valence-corrected chi connectivity index (χ3v) is 3.63. The molecule has 4 heteroatoms. The van der Waals surface area contributed by atoms with Crippen LogP contribution in [0.1, 0.15) is 22.8 Å². The number of pyridine rings is 1. The van der Waals surface area contributed by atoms with E-state index < -0.39 is 5.82 Å². The molecule has 0 radical (unpaired) electrons. The van der Waals surface area contributed by atoms with Crippen LogP contribution >= 0.6 is 0 Å². The zero-order valence-electron chi connectivity index (χ0n) is 13.2. The molecule has 0 spiro atoms. The molecule has 1 aromatic heterocycles. The van der Waals surface area contributed by atoms with Crippen LogP contribution in [0.5, 0.6) is 5.75 Å². The van der Waals surface area contributed by atoms with E-state index >= 15 is 0 Å². The van der Waals surface area contributed by atoms with Crippen LogP contribution in [0.2, 0.25) is 0 Å². The van der Waals surface area contributed by atoms with Gasteiger partial charge in [-0.15, -0.1) is 0 Å². The van der Waals surface area contributed by atoms with Gasteiger partial charge in [-0.25, -0.2) is 4.39 Å². The molecule has 0 aliphatic rings. The molecule has 1 heterocycles. The molecule has 0 atom stereocenters. The fourth-order valence-electron chi connectivity index (χ4n) is 2.42. The highest BCUT2D eigenvalue weighted by molar-refractivity contribution is 5.98. The minimum absolute atomic E-state index is 0.107. The van der Waals surface area contributed by atoms with Gasteiger partial charge in [-0.1, -0.05) is 36.4 Å². The maximum absolute atomic E-state index is 13.3. The number of Topliss-reactive ketones (excluding diaryl/α,β-unsaturated/α-hetero) is 1. The molecule has 0 N–H and O–H groups in total. The Balaban J connectivity index is 1.89. The van der Waals surface area contributed by atoms with E-state index in [9.17, 15) is 9.18 Å². The SMILES string of the molecule is CC(=O)c1cc(-c2cncc(F)c2)ccc1OCc1ccccc1. The number of ether oxygens (including phenoxy) is 1. The number of aromatic nitrogens is 1. The van der Waals surface area contributed by atoms with E-state index in [0.717, 1.165) is 17.3 Å². The Bertz CT molecular complexity index is 863. The number of ketones is 1. The molecule has 3 nitrogen and oxygen atoms in total. The van der Waals surface area contributed by atoms with Gasteiger partial charge in [0.25, 0.3) is 0 Å². The molecule has 24 heavy (non-hydrogen) atoms. The van der Waals surface area contributed by atoms with Gasteiger partial charge in [0.1, 0.15) is 18.2 Å². The monoisotopic (exact) mass is 321 g/mol.